The number of rotatable bonds is 9. The second-order valence-corrected chi connectivity index (χ2v) is 8.58. The van der Waals surface area contributed by atoms with Crippen LogP contribution in [0.1, 0.15) is 24.0 Å². The van der Waals surface area contributed by atoms with Crippen LogP contribution >= 0.6 is 31.9 Å². The Hall–Kier alpha value is -2.97. The molecule has 0 unspecified atom stereocenters. The van der Waals surface area contributed by atoms with E-state index in [0.717, 1.165) is 20.1 Å². The Labute approximate surface area is 203 Å². The van der Waals surface area contributed by atoms with E-state index < -0.39 is 0 Å². The van der Waals surface area contributed by atoms with Crippen LogP contribution in [0.3, 0.4) is 0 Å². The number of halogens is 2. The average Bonchev–Trinajstić information content (AvgIpc) is 2.79. The topological polar surface area (TPSA) is 79.8 Å². The first-order valence-corrected chi connectivity index (χ1v) is 11.4. The fraction of sp³-hybridized carbons (Fsp3) is 0.125. The van der Waals surface area contributed by atoms with Gasteiger partial charge in [0.15, 0.2) is 0 Å². The molecular formula is C24H21Br2N3O3. The third kappa shape index (κ3) is 7.94. The van der Waals surface area contributed by atoms with E-state index in [1.165, 1.54) is 6.21 Å². The molecule has 0 aliphatic rings. The molecule has 0 atom stereocenters. The van der Waals surface area contributed by atoms with Gasteiger partial charge in [-0.05, 0) is 69.5 Å². The maximum absolute atomic E-state index is 11.9. The second-order valence-electron chi connectivity index (χ2n) is 6.81. The van der Waals surface area contributed by atoms with Crippen LogP contribution in [0.15, 0.2) is 86.8 Å². The molecule has 32 heavy (non-hydrogen) atoms. The maximum Gasteiger partial charge on any atom is 0.240 e. The molecule has 0 saturated carbocycles. The lowest BCUT2D eigenvalue weighted by atomic mass is 10.2. The molecule has 2 amide bonds. The minimum atomic E-state index is -0.335. The standard InChI is InChI=1S/C24H21Br2N3O3/c25-19-9-6-17(7-10-19)16-32-22-11-8-18(14-21(22)26)15-27-29-24(31)13-12-23(30)28-20-4-2-1-3-5-20/h1-11,14-15H,12-13,16H2,(H,28,30)(H,29,31). The number of hydrazone groups is 1. The lowest BCUT2D eigenvalue weighted by molar-refractivity contribution is -0.124. The summed E-state index contributed by atoms with van der Waals surface area (Å²) in [4.78, 5) is 23.8. The van der Waals surface area contributed by atoms with Crippen molar-refractivity contribution in [2.75, 3.05) is 5.32 Å². The Morgan fingerprint density at radius 3 is 2.34 bits per heavy atom. The molecule has 0 spiro atoms. The van der Waals surface area contributed by atoms with E-state index in [1.807, 2.05) is 60.7 Å². The Balaban J connectivity index is 1.42. The van der Waals surface area contributed by atoms with Gasteiger partial charge in [-0.2, -0.15) is 5.10 Å². The van der Waals surface area contributed by atoms with Crippen molar-refractivity contribution in [3.8, 4) is 5.75 Å². The summed E-state index contributed by atoms with van der Waals surface area (Å²) in [7, 11) is 0. The van der Waals surface area contributed by atoms with Crippen molar-refractivity contribution < 1.29 is 14.3 Å². The number of nitrogens with zero attached hydrogens (tertiary/aromatic N) is 1. The zero-order chi connectivity index (χ0) is 22.8. The number of ether oxygens (including phenoxy) is 1. The molecular weight excluding hydrogens is 538 g/mol. The molecule has 0 fully saturated rings. The first kappa shape index (κ1) is 23.7. The Bertz CT molecular complexity index is 1090. The molecule has 3 aromatic rings. The van der Waals surface area contributed by atoms with Crippen LogP contribution in [-0.4, -0.2) is 18.0 Å². The van der Waals surface area contributed by atoms with Crippen LogP contribution in [-0.2, 0) is 16.2 Å². The molecule has 0 radical (unpaired) electrons. The number of amides is 2. The van der Waals surface area contributed by atoms with Gasteiger partial charge in [-0.25, -0.2) is 5.43 Å². The fourth-order valence-electron chi connectivity index (χ4n) is 2.66. The van der Waals surface area contributed by atoms with E-state index in [9.17, 15) is 9.59 Å². The van der Waals surface area contributed by atoms with Crippen molar-refractivity contribution in [3.05, 3.63) is 92.9 Å². The molecule has 0 heterocycles. The third-order valence-electron chi connectivity index (χ3n) is 4.30. The zero-order valence-corrected chi connectivity index (χ0v) is 20.2. The summed E-state index contributed by atoms with van der Waals surface area (Å²) in [5.41, 5.74) is 4.98. The van der Waals surface area contributed by atoms with Gasteiger partial charge in [0.05, 0.1) is 10.7 Å². The minimum Gasteiger partial charge on any atom is -0.488 e. The van der Waals surface area contributed by atoms with Gasteiger partial charge in [0.2, 0.25) is 11.8 Å². The number of anilines is 1. The molecule has 8 heteroatoms. The van der Waals surface area contributed by atoms with Crippen LogP contribution < -0.4 is 15.5 Å². The second kappa shape index (κ2) is 12.2. The van der Waals surface area contributed by atoms with Crippen molar-refractivity contribution in [2.45, 2.75) is 19.4 Å². The van der Waals surface area contributed by atoms with Gasteiger partial charge < -0.3 is 10.1 Å². The van der Waals surface area contributed by atoms with E-state index in [4.69, 9.17) is 4.74 Å². The first-order valence-electron chi connectivity index (χ1n) is 9.83. The van der Waals surface area contributed by atoms with E-state index in [2.05, 4.69) is 47.7 Å². The molecule has 2 N–H and O–H groups in total. The van der Waals surface area contributed by atoms with E-state index in [0.29, 0.717) is 18.0 Å². The molecule has 0 aliphatic heterocycles. The molecule has 6 nitrogen and oxygen atoms in total. The van der Waals surface area contributed by atoms with Crippen molar-refractivity contribution in [1.29, 1.82) is 0 Å². The quantitative estimate of drug-likeness (QED) is 0.263. The van der Waals surface area contributed by atoms with Crippen molar-refractivity contribution in [3.63, 3.8) is 0 Å². The van der Waals surface area contributed by atoms with Crippen LogP contribution in [0, 0.1) is 0 Å². The highest BCUT2D eigenvalue weighted by atomic mass is 79.9. The zero-order valence-electron chi connectivity index (χ0n) is 17.1. The van der Waals surface area contributed by atoms with Gasteiger partial charge in [0, 0.05) is 23.0 Å². The van der Waals surface area contributed by atoms with Gasteiger partial charge in [-0.15, -0.1) is 0 Å². The van der Waals surface area contributed by atoms with Crippen molar-refractivity contribution >= 4 is 55.6 Å². The summed E-state index contributed by atoms with van der Waals surface area (Å²) < 4.78 is 7.64. The molecule has 0 aliphatic carbocycles. The predicted molar refractivity (Wildman–Crippen MR) is 133 cm³/mol. The highest BCUT2D eigenvalue weighted by Crippen LogP contribution is 2.26. The number of carbonyl (C=O) groups excluding carboxylic acids is 2. The summed E-state index contributed by atoms with van der Waals surface area (Å²) in [6.07, 6.45) is 1.65. The Morgan fingerprint density at radius 2 is 1.62 bits per heavy atom. The van der Waals surface area contributed by atoms with Crippen molar-refractivity contribution in [2.24, 2.45) is 5.10 Å². The van der Waals surface area contributed by atoms with Gasteiger partial charge in [-0.3, -0.25) is 9.59 Å². The smallest absolute Gasteiger partial charge is 0.240 e. The first-order chi connectivity index (χ1) is 15.5. The number of carbonyl (C=O) groups is 2. The molecule has 0 saturated heterocycles. The average molecular weight is 559 g/mol. The minimum absolute atomic E-state index is 0.0442. The molecule has 0 aromatic heterocycles. The monoisotopic (exact) mass is 557 g/mol. The van der Waals surface area contributed by atoms with Crippen molar-refractivity contribution in [1.82, 2.24) is 5.43 Å². The SMILES string of the molecule is O=C(CCC(=O)Nc1ccccc1)NN=Cc1ccc(OCc2ccc(Br)cc2)c(Br)c1. The van der Waals surface area contributed by atoms with Gasteiger partial charge in [0.25, 0.3) is 0 Å². The number of para-hydroxylation sites is 1. The molecule has 0 bridgehead atoms. The highest BCUT2D eigenvalue weighted by Gasteiger charge is 2.07. The summed E-state index contributed by atoms with van der Waals surface area (Å²) in [5.74, 6) is 0.148. The van der Waals surface area contributed by atoms with Gasteiger partial charge in [0.1, 0.15) is 12.4 Å². The van der Waals surface area contributed by atoms with Crippen LogP contribution in [0.25, 0.3) is 0 Å². The summed E-state index contributed by atoms with van der Waals surface area (Å²) >= 11 is 6.91. The predicted octanol–water partition coefficient (Wildman–Crippen LogP) is 5.66. The maximum atomic E-state index is 11.9. The van der Waals surface area contributed by atoms with Gasteiger partial charge in [-0.1, -0.05) is 46.3 Å². The molecule has 3 aromatic carbocycles. The van der Waals surface area contributed by atoms with E-state index >= 15 is 0 Å². The fourth-order valence-corrected chi connectivity index (χ4v) is 3.44. The highest BCUT2D eigenvalue weighted by molar-refractivity contribution is 9.10. The van der Waals surface area contributed by atoms with E-state index in [1.54, 1.807) is 12.1 Å². The number of benzene rings is 3. The number of hydrogen-bond acceptors (Lipinski definition) is 4. The number of hydrogen-bond donors (Lipinski definition) is 2. The molecule has 164 valence electrons. The van der Waals surface area contributed by atoms with Gasteiger partial charge >= 0.3 is 0 Å². The van der Waals surface area contributed by atoms with Crippen LogP contribution in [0.2, 0.25) is 0 Å². The Kier molecular flexibility index (Phi) is 9.01. The summed E-state index contributed by atoms with van der Waals surface area (Å²) in [6.45, 7) is 0.452. The third-order valence-corrected chi connectivity index (χ3v) is 5.45. The summed E-state index contributed by atoms with van der Waals surface area (Å²) in [5, 5.41) is 6.69. The largest absolute Gasteiger partial charge is 0.488 e. The lowest BCUT2D eigenvalue weighted by Gasteiger charge is -2.09. The number of nitrogens with one attached hydrogen (secondary N) is 2. The normalized spacial score (nSPS) is 10.7. The van der Waals surface area contributed by atoms with Crippen LogP contribution in [0.4, 0.5) is 5.69 Å². The Morgan fingerprint density at radius 1 is 0.906 bits per heavy atom. The van der Waals surface area contributed by atoms with Crippen LogP contribution in [0.5, 0.6) is 5.75 Å². The molecule has 3 rings (SSSR count). The van der Waals surface area contributed by atoms with E-state index in [-0.39, 0.29) is 24.7 Å². The summed E-state index contributed by atoms with van der Waals surface area (Å²) in [6, 6.07) is 22.5. The lowest BCUT2D eigenvalue weighted by Crippen LogP contribution is -2.20.